The number of aromatic amines is 1. The molecule has 1 amide bonds. The topological polar surface area (TPSA) is 97.2 Å². The zero-order valence-electron chi connectivity index (χ0n) is 12.5. The molecule has 0 aliphatic carbocycles. The Bertz CT molecular complexity index is 850. The summed E-state index contributed by atoms with van der Waals surface area (Å²) in [5.41, 5.74) is 1.11. The summed E-state index contributed by atoms with van der Waals surface area (Å²) >= 11 is 0. The van der Waals surface area contributed by atoms with Crippen LogP contribution in [0, 0.1) is 0 Å². The summed E-state index contributed by atoms with van der Waals surface area (Å²) in [5, 5.41) is 10.3. The zero-order valence-corrected chi connectivity index (χ0v) is 12.5. The van der Waals surface area contributed by atoms with E-state index in [1.165, 1.54) is 6.07 Å². The van der Waals surface area contributed by atoms with Gasteiger partial charge in [-0.1, -0.05) is 18.2 Å². The standard InChI is InChI=1S/C16H15N3O4/c1-2-22-16(21)13-8-7-10(23-13)9-17-15(20)14-11-5-3-4-6-12(11)18-19-14/h3-8H,2,9H2,1H3,(H,17,20)(H,18,19). The minimum Gasteiger partial charge on any atom is -0.460 e. The molecule has 2 heterocycles. The van der Waals surface area contributed by atoms with Crippen molar-refractivity contribution in [2.75, 3.05) is 6.61 Å². The Balaban J connectivity index is 1.66. The Morgan fingerprint density at radius 3 is 2.91 bits per heavy atom. The number of nitrogens with one attached hydrogen (secondary N) is 2. The molecule has 7 nitrogen and oxygen atoms in total. The van der Waals surface area contributed by atoms with E-state index in [4.69, 9.17) is 9.15 Å². The van der Waals surface area contributed by atoms with Gasteiger partial charge < -0.3 is 14.5 Å². The van der Waals surface area contributed by atoms with Gasteiger partial charge in [0.15, 0.2) is 5.69 Å². The van der Waals surface area contributed by atoms with Crippen LogP contribution in [0.25, 0.3) is 10.9 Å². The number of fused-ring (bicyclic) bond motifs is 1. The number of carbonyl (C=O) groups is 2. The number of para-hydroxylation sites is 1. The molecular weight excluding hydrogens is 298 g/mol. The van der Waals surface area contributed by atoms with Crippen molar-refractivity contribution in [2.45, 2.75) is 13.5 Å². The second-order valence-electron chi connectivity index (χ2n) is 4.79. The number of esters is 1. The molecule has 0 unspecified atom stereocenters. The molecule has 0 saturated carbocycles. The lowest BCUT2D eigenvalue weighted by Crippen LogP contribution is -2.23. The lowest BCUT2D eigenvalue weighted by Gasteiger charge is -2.01. The summed E-state index contributed by atoms with van der Waals surface area (Å²) < 4.78 is 10.2. The maximum Gasteiger partial charge on any atom is 0.374 e. The summed E-state index contributed by atoms with van der Waals surface area (Å²) in [6, 6.07) is 10.5. The zero-order chi connectivity index (χ0) is 16.2. The van der Waals surface area contributed by atoms with E-state index >= 15 is 0 Å². The Kier molecular flexibility index (Phi) is 4.09. The van der Waals surface area contributed by atoms with Gasteiger partial charge in [-0.05, 0) is 25.1 Å². The van der Waals surface area contributed by atoms with Crippen LogP contribution in [0.3, 0.4) is 0 Å². The molecule has 23 heavy (non-hydrogen) atoms. The number of amides is 1. The lowest BCUT2D eigenvalue weighted by molar-refractivity contribution is 0.0488. The van der Waals surface area contributed by atoms with Gasteiger partial charge in [-0.2, -0.15) is 5.10 Å². The van der Waals surface area contributed by atoms with Crippen LogP contribution in [-0.2, 0) is 11.3 Å². The van der Waals surface area contributed by atoms with Crippen molar-refractivity contribution >= 4 is 22.8 Å². The van der Waals surface area contributed by atoms with Crippen molar-refractivity contribution in [3.8, 4) is 0 Å². The third-order valence-corrected chi connectivity index (χ3v) is 3.25. The van der Waals surface area contributed by atoms with Gasteiger partial charge in [0, 0.05) is 5.39 Å². The molecule has 1 aromatic carbocycles. The SMILES string of the molecule is CCOC(=O)c1ccc(CNC(=O)c2n[nH]c3ccccc23)o1. The first-order chi connectivity index (χ1) is 11.2. The molecule has 3 rings (SSSR count). The number of carbonyl (C=O) groups excluding carboxylic acids is 2. The van der Waals surface area contributed by atoms with Crippen molar-refractivity contribution in [1.82, 2.24) is 15.5 Å². The van der Waals surface area contributed by atoms with E-state index in [2.05, 4.69) is 15.5 Å². The van der Waals surface area contributed by atoms with Gasteiger partial charge in [-0.3, -0.25) is 9.89 Å². The molecule has 0 atom stereocenters. The molecule has 118 valence electrons. The third-order valence-electron chi connectivity index (χ3n) is 3.25. The second-order valence-corrected chi connectivity index (χ2v) is 4.79. The molecular formula is C16H15N3O4. The number of rotatable bonds is 5. The highest BCUT2D eigenvalue weighted by Crippen LogP contribution is 2.15. The molecule has 0 radical (unpaired) electrons. The van der Waals surface area contributed by atoms with Gasteiger partial charge in [0.1, 0.15) is 5.76 Å². The summed E-state index contributed by atoms with van der Waals surface area (Å²) in [7, 11) is 0. The van der Waals surface area contributed by atoms with Crippen molar-refractivity contribution in [1.29, 1.82) is 0 Å². The van der Waals surface area contributed by atoms with Gasteiger partial charge in [-0.15, -0.1) is 0 Å². The quantitative estimate of drug-likeness (QED) is 0.704. The summed E-state index contributed by atoms with van der Waals surface area (Å²) in [5.74, 6) is -0.275. The number of furan rings is 1. The molecule has 0 spiro atoms. The van der Waals surface area contributed by atoms with Crippen LogP contribution >= 0.6 is 0 Å². The minimum atomic E-state index is -0.525. The minimum absolute atomic E-state index is 0.112. The number of benzene rings is 1. The first kappa shape index (κ1) is 14.8. The molecule has 0 aliphatic rings. The molecule has 2 aromatic heterocycles. The fourth-order valence-corrected chi connectivity index (χ4v) is 2.17. The van der Waals surface area contributed by atoms with E-state index in [-0.39, 0.29) is 24.8 Å². The molecule has 0 fully saturated rings. The van der Waals surface area contributed by atoms with Crippen molar-refractivity contribution < 1.29 is 18.7 Å². The number of hydrogen-bond acceptors (Lipinski definition) is 5. The van der Waals surface area contributed by atoms with Crippen LogP contribution in [0.5, 0.6) is 0 Å². The lowest BCUT2D eigenvalue weighted by atomic mass is 10.2. The number of hydrogen-bond donors (Lipinski definition) is 2. The summed E-state index contributed by atoms with van der Waals surface area (Å²) in [6.07, 6.45) is 0. The van der Waals surface area contributed by atoms with E-state index < -0.39 is 5.97 Å². The highest BCUT2D eigenvalue weighted by Gasteiger charge is 2.15. The summed E-state index contributed by atoms with van der Waals surface area (Å²) in [6.45, 7) is 2.15. The Hall–Kier alpha value is -3.09. The monoisotopic (exact) mass is 313 g/mol. The molecule has 0 saturated heterocycles. The van der Waals surface area contributed by atoms with E-state index in [1.807, 2.05) is 24.3 Å². The molecule has 0 bridgehead atoms. The average Bonchev–Trinajstić information content (AvgIpc) is 3.20. The van der Waals surface area contributed by atoms with Crippen molar-refractivity contribution in [3.05, 3.63) is 53.6 Å². The average molecular weight is 313 g/mol. The molecule has 0 aliphatic heterocycles. The molecule has 3 aromatic rings. The first-order valence-corrected chi connectivity index (χ1v) is 7.16. The largest absolute Gasteiger partial charge is 0.460 e. The van der Waals surface area contributed by atoms with E-state index in [0.717, 1.165) is 10.9 Å². The predicted octanol–water partition coefficient (Wildman–Crippen LogP) is 2.26. The first-order valence-electron chi connectivity index (χ1n) is 7.16. The van der Waals surface area contributed by atoms with Crippen molar-refractivity contribution in [2.24, 2.45) is 0 Å². The van der Waals surface area contributed by atoms with Crippen LogP contribution in [-0.4, -0.2) is 28.7 Å². The van der Waals surface area contributed by atoms with Crippen LogP contribution < -0.4 is 5.32 Å². The smallest absolute Gasteiger partial charge is 0.374 e. The maximum absolute atomic E-state index is 12.2. The van der Waals surface area contributed by atoms with Crippen LogP contribution in [0.1, 0.15) is 33.7 Å². The van der Waals surface area contributed by atoms with Crippen LogP contribution in [0.4, 0.5) is 0 Å². The number of H-pyrrole nitrogens is 1. The highest BCUT2D eigenvalue weighted by molar-refractivity contribution is 6.04. The molecule has 2 N–H and O–H groups in total. The second kappa shape index (κ2) is 6.35. The fraction of sp³-hybridized carbons (Fsp3) is 0.188. The van der Waals surface area contributed by atoms with E-state index in [9.17, 15) is 9.59 Å². The Morgan fingerprint density at radius 1 is 1.26 bits per heavy atom. The molecule has 7 heteroatoms. The Morgan fingerprint density at radius 2 is 2.09 bits per heavy atom. The van der Waals surface area contributed by atoms with Gasteiger partial charge in [0.05, 0.1) is 18.7 Å². The van der Waals surface area contributed by atoms with Gasteiger partial charge in [-0.25, -0.2) is 4.79 Å². The third kappa shape index (κ3) is 3.08. The predicted molar refractivity (Wildman–Crippen MR) is 81.9 cm³/mol. The number of aromatic nitrogens is 2. The van der Waals surface area contributed by atoms with Gasteiger partial charge in [0.2, 0.25) is 5.76 Å². The highest BCUT2D eigenvalue weighted by atomic mass is 16.5. The number of nitrogens with zero attached hydrogens (tertiary/aromatic N) is 1. The van der Waals surface area contributed by atoms with Crippen molar-refractivity contribution in [3.63, 3.8) is 0 Å². The van der Waals surface area contributed by atoms with Crippen LogP contribution in [0.15, 0.2) is 40.8 Å². The fourth-order valence-electron chi connectivity index (χ4n) is 2.17. The van der Waals surface area contributed by atoms with Crippen LogP contribution in [0.2, 0.25) is 0 Å². The summed E-state index contributed by atoms with van der Waals surface area (Å²) in [4.78, 5) is 23.7. The van der Waals surface area contributed by atoms with E-state index in [0.29, 0.717) is 11.5 Å². The van der Waals surface area contributed by atoms with E-state index in [1.54, 1.807) is 13.0 Å². The van der Waals surface area contributed by atoms with Gasteiger partial charge >= 0.3 is 5.97 Å². The normalized spacial score (nSPS) is 10.7. The Labute approximate surface area is 131 Å². The number of ether oxygens (including phenoxy) is 1. The maximum atomic E-state index is 12.2. The van der Waals surface area contributed by atoms with Gasteiger partial charge in [0.25, 0.3) is 5.91 Å².